The molecule has 0 bridgehead atoms. The fourth-order valence-corrected chi connectivity index (χ4v) is 2.51. The van der Waals surface area contributed by atoms with Crippen LogP contribution in [0.5, 0.6) is 0 Å². The highest BCUT2D eigenvalue weighted by molar-refractivity contribution is 9.10. The van der Waals surface area contributed by atoms with Crippen molar-refractivity contribution in [2.75, 3.05) is 5.32 Å². The van der Waals surface area contributed by atoms with E-state index in [0.29, 0.717) is 22.0 Å². The quantitative estimate of drug-likeness (QED) is 0.772. The van der Waals surface area contributed by atoms with Crippen LogP contribution in [0, 0.1) is 5.82 Å². The molecule has 98 valence electrons. The standard InChI is InChI=1S/C13H10Br2FN3/c14-8-3-4-9(16)10(5-8)17-12-6-11(15)18-13(19-12)7-1-2-7/h3-7H,1-2H2,(H,17,18,19). The van der Waals surface area contributed by atoms with E-state index in [0.717, 1.165) is 23.1 Å². The average molecular weight is 387 g/mol. The molecule has 0 unspecified atom stereocenters. The van der Waals surface area contributed by atoms with E-state index in [9.17, 15) is 4.39 Å². The van der Waals surface area contributed by atoms with Crippen LogP contribution in [0.3, 0.4) is 0 Å². The van der Waals surface area contributed by atoms with Gasteiger partial charge in [-0.3, -0.25) is 0 Å². The van der Waals surface area contributed by atoms with E-state index >= 15 is 0 Å². The number of benzene rings is 1. The normalized spacial score (nSPS) is 14.5. The fraction of sp³-hybridized carbons (Fsp3) is 0.231. The monoisotopic (exact) mass is 385 g/mol. The summed E-state index contributed by atoms with van der Waals surface area (Å²) < 4.78 is 15.2. The van der Waals surface area contributed by atoms with Crippen LogP contribution < -0.4 is 5.32 Å². The highest BCUT2D eigenvalue weighted by atomic mass is 79.9. The van der Waals surface area contributed by atoms with Gasteiger partial charge < -0.3 is 5.32 Å². The molecule has 0 spiro atoms. The highest BCUT2D eigenvalue weighted by Crippen LogP contribution is 2.39. The van der Waals surface area contributed by atoms with Crippen molar-refractivity contribution in [3.05, 3.63) is 45.0 Å². The molecule has 6 heteroatoms. The van der Waals surface area contributed by atoms with E-state index in [-0.39, 0.29) is 5.82 Å². The Balaban J connectivity index is 1.92. The second-order valence-corrected chi connectivity index (χ2v) is 6.19. The van der Waals surface area contributed by atoms with Gasteiger partial charge in [0, 0.05) is 16.5 Å². The van der Waals surface area contributed by atoms with Crippen molar-refractivity contribution in [1.29, 1.82) is 0 Å². The summed E-state index contributed by atoms with van der Waals surface area (Å²) in [5, 5.41) is 2.99. The van der Waals surface area contributed by atoms with Gasteiger partial charge in [0.1, 0.15) is 22.1 Å². The van der Waals surface area contributed by atoms with E-state index in [1.165, 1.54) is 6.07 Å². The Morgan fingerprint density at radius 1 is 1.16 bits per heavy atom. The Hall–Kier alpha value is -1.01. The minimum absolute atomic E-state index is 0.314. The van der Waals surface area contributed by atoms with Gasteiger partial charge >= 0.3 is 0 Å². The van der Waals surface area contributed by atoms with Crippen molar-refractivity contribution < 1.29 is 4.39 Å². The zero-order valence-corrected chi connectivity index (χ0v) is 13.0. The highest BCUT2D eigenvalue weighted by Gasteiger charge is 2.27. The Bertz CT molecular complexity index is 629. The van der Waals surface area contributed by atoms with Crippen LogP contribution in [-0.4, -0.2) is 9.97 Å². The fourth-order valence-electron chi connectivity index (χ4n) is 1.75. The first kappa shape index (κ1) is 13.0. The summed E-state index contributed by atoms with van der Waals surface area (Å²) in [6.45, 7) is 0. The van der Waals surface area contributed by atoms with Crippen molar-refractivity contribution in [2.45, 2.75) is 18.8 Å². The topological polar surface area (TPSA) is 37.8 Å². The lowest BCUT2D eigenvalue weighted by Crippen LogP contribution is -2.01. The van der Waals surface area contributed by atoms with E-state index in [4.69, 9.17) is 0 Å². The van der Waals surface area contributed by atoms with Crippen LogP contribution in [0.25, 0.3) is 0 Å². The van der Waals surface area contributed by atoms with Crippen LogP contribution in [0.4, 0.5) is 15.9 Å². The molecule has 0 aliphatic heterocycles. The van der Waals surface area contributed by atoms with E-state index in [1.54, 1.807) is 18.2 Å². The molecule has 1 aromatic heterocycles. The molecular formula is C13H10Br2FN3. The number of halogens is 3. The smallest absolute Gasteiger partial charge is 0.146 e. The minimum atomic E-state index is -0.314. The van der Waals surface area contributed by atoms with Gasteiger partial charge in [-0.2, -0.15) is 0 Å². The Labute approximate surface area is 126 Å². The summed E-state index contributed by atoms with van der Waals surface area (Å²) in [5.74, 6) is 1.55. The first-order chi connectivity index (χ1) is 9.11. The third kappa shape index (κ3) is 3.12. The number of aromatic nitrogens is 2. The van der Waals surface area contributed by atoms with Crippen LogP contribution in [0.1, 0.15) is 24.6 Å². The molecule has 1 fully saturated rings. The van der Waals surface area contributed by atoms with Gasteiger partial charge in [0.25, 0.3) is 0 Å². The first-order valence-electron chi connectivity index (χ1n) is 5.88. The molecule has 0 amide bonds. The zero-order valence-electron chi connectivity index (χ0n) is 9.83. The molecule has 2 aromatic rings. The zero-order chi connectivity index (χ0) is 13.4. The number of rotatable bonds is 3. The summed E-state index contributed by atoms with van der Waals surface area (Å²) in [6, 6.07) is 6.49. The second kappa shape index (κ2) is 5.17. The number of hydrogen-bond donors (Lipinski definition) is 1. The lowest BCUT2D eigenvalue weighted by atomic mass is 10.3. The summed E-state index contributed by atoms with van der Waals surface area (Å²) in [6.07, 6.45) is 2.25. The van der Waals surface area contributed by atoms with Crippen molar-refractivity contribution in [2.24, 2.45) is 0 Å². The van der Waals surface area contributed by atoms with Crippen molar-refractivity contribution in [1.82, 2.24) is 9.97 Å². The lowest BCUT2D eigenvalue weighted by molar-refractivity contribution is 0.631. The minimum Gasteiger partial charge on any atom is -0.338 e. The van der Waals surface area contributed by atoms with Gasteiger partial charge in [0.05, 0.1) is 5.69 Å². The predicted molar refractivity (Wildman–Crippen MR) is 79.1 cm³/mol. The molecule has 0 radical (unpaired) electrons. The van der Waals surface area contributed by atoms with Gasteiger partial charge in [-0.05, 0) is 47.0 Å². The molecule has 1 N–H and O–H groups in total. The molecule has 1 aliphatic rings. The maximum atomic E-state index is 13.7. The Morgan fingerprint density at radius 2 is 1.95 bits per heavy atom. The molecule has 3 rings (SSSR count). The largest absolute Gasteiger partial charge is 0.338 e. The maximum absolute atomic E-state index is 13.7. The van der Waals surface area contributed by atoms with Gasteiger partial charge in [-0.25, -0.2) is 14.4 Å². The molecule has 1 saturated carbocycles. The Kier molecular flexibility index (Phi) is 3.54. The predicted octanol–water partition coefficient (Wildman–Crippen LogP) is 4.76. The molecule has 0 saturated heterocycles. The van der Waals surface area contributed by atoms with E-state index in [1.807, 2.05) is 0 Å². The van der Waals surface area contributed by atoms with Gasteiger partial charge in [-0.15, -0.1) is 0 Å². The maximum Gasteiger partial charge on any atom is 0.146 e. The van der Waals surface area contributed by atoms with Crippen LogP contribution in [0.2, 0.25) is 0 Å². The first-order valence-corrected chi connectivity index (χ1v) is 7.47. The molecule has 3 nitrogen and oxygen atoms in total. The number of anilines is 2. The third-order valence-electron chi connectivity index (χ3n) is 2.85. The second-order valence-electron chi connectivity index (χ2n) is 4.46. The summed E-state index contributed by atoms with van der Waals surface area (Å²) >= 11 is 6.68. The Morgan fingerprint density at radius 3 is 2.68 bits per heavy atom. The average Bonchev–Trinajstić information content (AvgIpc) is 3.17. The van der Waals surface area contributed by atoms with E-state index in [2.05, 4.69) is 47.1 Å². The SMILES string of the molecule is Fc1ccc(Br)cc1Nc1cc(Br)nc(C2CC2)n1. The third-order valence-corrected chi connectivity index (χ3v) is 3.75. The lowest BCUT2D eigenvalue weighted by Gasteiger charge is -2.09. The summed E-state index contributed by atoms with van der Waals surface area (Å²) in [4.78, 5) is 8.77. The van der Waals surface area contributed by atoms with Crippen LogP contribution in [-0.2, 0) is 0 Å². The molecule has 0 atom stereocenters. The van der Waals surface area contributed by atoms with E-state index < -0.39 is 0 Å². The number of nitrogens with one attached hydrogen (secondary N) is 1. The molecule has 19 heavy (non-hydrogen) atoms. The van der Waals surface area contributed by atoms with Gasteiger partial charge in [-0.1, -0.05) is 15.9 Å². The van der Waals surface area contributed by atoms with Crippen molar-refractivity contribution in [3.63, 3.8) is 0 Å². The molecule has 1 aromatic carbocycles. The van der Waals surface area contributed by atoms with Crippen molar-refractivity contribution >= 4 is 43.4 Å². The summed E-state index contributed by atoms with van der Waals surface area (Å²) in [7, 11) is 0. The van der Waals surface area contributed by atoms with Gasteiger partial charge in [0.2, 0.25) is 0 Å². The molecule has 1 aliphatic carbocycles. The van der Waals surface area contributed by atoms with Crippen LogP contribution in [0.15, 0.2) is 33.3 Å². The molecule has 1 heterocycles. The number of hydrogen-bond acceptors (Lipinski definition) is 3. The van der Waals surface area contributed by atoms with Gasteiger partial charge in [0.15, 0.2) is 0 Å². The van der Waals surface area contributed by atoms with Crippen LogP contribution >= 0.6 is 31.9 Å². The van der Waals surface area contributed by atoms with Crippen molar-refractivity contribution in [3.8, 4) is 0 Å². The summed E-state index contributed by atoms with van der Waals surface area (Å²) in [5.41, 5.74) is 0.390. The number of nitrogens with zero attached hydrogens (tertiary/aromatic N) is 2. The molecular weight excluding hydrogens is 377 g/mol.